The van der Waals surface area contributed by atoms with E-state index in [-0.39, 0.29) is 18.2 Å². The van der Waals surface area contributed by atoms with Crippen molar-refractivity contribution in [1.29, 1.82) is 0 Å². The topological polar surface area (TPSA) is 60.9 Å². The van der Waals surface area contributed by atoms with Crippen LogP contribution in [0.4, 0.5) is 0 Å². The zero-order valence-electron chi connectivity index (χ0n) is 11.4. The van der Waals surface area contributed by atoms with E-state index in [4.69, 9.17) is 17.3 Å². The summed E-state index contributed by atoms with van der Waals surface area (Å²) in [5.41, 5.74) is 7.48. The molecule has 2 rings (SSSR count). The van der Waals surface area contributed by atoms with Crippen LogP contribution in [0.2, 0.25) is 5.02 Å². The van der Waals surface area contributed by atoms with Crippen LogP contribution >= 0.6 is 11.6 Å². The maximum Gasteiger partial charge on any atom is 0.184 e. The standard InChI is InChI=1S/C15H18ClN3O/c1-2-8-19-15(12(16)10-18-19)14(20)9-13(17)11-6-4-3-5-7-11/h3-7,10,13H,2,8-9,17H2,1H3. The highest BCUT2D eigenvalue weighted by Crippen LogP contribution is 2.21. The number of rotatable bonds is 6. The molecule has 1 aromatic carbocycles. The molecule has 0 amide bonds. The number of carbonyl (C=O) groups is 1. The molecule has 4 nitrogen and oxygen atoms in total. The van der Waals surface area contributed by atoms with Crippen LogP contribution in [-0.2, 0) is 6.54 Å². The minimum atomic E-state index is -0.329. The lowest BCUT2D eigenvalue weighted by Crippen LogP contribution is -2.18. The van der Waals surface area contributed by atoms with Crippen LogP contribution in [0.3, 0.4) is 0 Å². The molecular weight excluding hydrogens is 274 g/mol. The SMILES string of the molecule is CCCn1ncc(Cl)c1C(=O)CC(N)c1ccccc1. The molecule has 0 fully saturated rings. The number of aromatic nitrogens is 2. The van der Waals surface area contributed by atoms with Crippen molar-refractivity contribution in [3.05, 3.63) is 52.8 Å². The van der Waals surface area contributed by atoms with E-state index in [9.17, 15) is 4.79 Å². The number of benzene rings is 1. The summed E-state index contributed by atoms with van der Waals surface area (Å²) >= 11 is 6.06. The molecule has 106 valence electrons. The van der Waals surface area contributed by atoms with Crippen LogP contribution in [0.1, 0.15) is 41.9 Å². The third-order valence-electron chi connectivity index (χ3n) is 3.13. The van der Waals surface area contributed by atoms with Crippen molar-refractivity contribution in [3.63, 3.8) is 0 Å². The van der Waals surface area contributed by atoms with Gasteiger partial charge in [0.1, 0.15) is 5.69 Å². The number of nitrogens with zero attached hydrogens (tertiary/aromatic N) is 2. The van der Waals surface area contributed by atoms with Crippen LogP contribution in [0.25, 0.3) is 0 Å². The maximum absolute atomic E-state index is 12.4. The molecule has 2 aromatic rings. The van der Waals surface area contributed by atoms with Gasteiger partial charge in [0.15, 0.2) is 5.78 Å². The molecule has 0 aliphatic rings. The van der Waals surface area contributed by atoms with E-state index in [1.807, 2.05) is 37.3 Å². The van der Waals surface area contributed by atoms with Crippen molar-refractivity contribution < 1.29 is 4.79 Å². The average Bonchev–Trinajstić information content (AvgIpc) is 2.81. The number of Topliss-reactive ketones (excluding diaryl/α,β-unsaturated/α-hetero) is 1. The smallest absolute Gasteiger partial charge is 0.184 e. The Balaban J connectivity index is 2.14. The van der Waals surface area contributed by atoms with Gasteiger partial charge in [0.2, 0.25) is 0 Å². The third-order valence-corrected chi connectivity index (χ3v) is 3.40. The predicted molar refractivity (Wildman–Crippen MR) is 79.8 cm³/mol. The Morgan fingerprint density at radius 1 is 1.40 bits per heavy atom. The number of ketones is 1. The second kappa shape index (κ2) is 6.68. The summed E-state index contributed by atoms with van der Waals surface area (Å²) in [7, 11) is 0. The van der Waals surface area contributed by atoms with Crippen LogP contribution in [0.5, 0.6) is 0 Å². The number of hydrogen-bond donors (Lipinski definition) is 1. The van der Waals surface area contributed by atoms with E-state index in [0.29, 0.717) is 17.3 Å². The summed E-state index contributed by atoms with van der Waals surface area (Å²) in [4.78, 5) is 12.4. The molecule has 0 spiro atoms. The van der Waals surface area contributed by atoms with Crippen molar-refractivity contribution >= 4 is 17.4 Å². The minimum Gasteiger partial charge on any atom is -0.324 e. The molecule has 1 unspecified atom stereocenters. The van der Waals surface area contributed by atoms with E-state index in [1.165, 1.54) is 6.20 Å². The molecule has 0 saturated carbocycles. The van der Waals surface area contributed by atoms with Gasteiger partial charge in [-0.05, 0) is 12.0 Å². The molecule has 2 N–H and O–H groups in total. The van der Waals surface area contributed by atoms with Gasteiger partial charge < -0.3 is 5.73 Å². The van der Waals surface area contributed by atoms with Gasteiger partial charge >= 0.3 is 0 Å². The fourth-order valence-corrected chi connectivity index (χ4v) is 2.38. The average molecular weight is 292 g/mol. The van der Waals surface area contributed by atoms with Crippen molar-refractivity contribution in [3.8, 4) is 0 Å². The van der Waals surface area contributed by atoms with Gasteiger partial charge in [-0.2, -0.15) is 5.10 Å². The first-order valence-corrected chi connectivity index (χ1v) is 7.06. The van der Waals surface area contributed by atoms with Gasteiger partial charge in [-0.15, -0.1) is 0 Å². The molecule has 0 radical (unpaired) electrons. The first kappa shape index (κ1) is 14.8. The molecule has 1 aromatic heterocycles. The largest absolute Gasteiger partial charge is 0.324 e. The van der Waals surface area contributed by atoms with Crippen molar-refractivity contribution in [2.24, 2.45) is 5.73 Å². The normalized spacial score (nSPS) is 12.3. The first-order chi connectivity index (χ1) is 9.63. The Kier molecular flexibility index (Phi) is 4.93. The van der Waals surface area contributed by atoms with Crippen molar-refractivity contribution in [2.45, 2.75) is 32.4 Å². The van der Waals surface area contributed by atoms with E-state index in [2.05, 4.69) is 5.10 Å². The summed E-state index contributed by atoms with van der Waals surface area (Å²) in [6.45, 7) is 2.70. The fraction of sp³-hybridized carbons (Fsp3) is 0.333. The van der Waals surface area contributed by atoms with Crippen LogP contribution < -0.4 is 5.73 Å². The Bertz CT molecular complexity index is 580. The monoisotopic (exact) mass is 291 g/mol. The summed E-state index contributed by atoms with van der Waals surface area (Å²) in [6.07, 6.45) is 2.63. The fourth-order valence-electron chi connectivity index (χ4n) is 2.14. The lowest BCUT2D eigenvalue weighted by molar-refractivity contribution is 0.0963. The van der Waals surface area contributed by atoms with Gasteiger partial charge in [0.25, 0.3) is 0 Å². The van der Waals surface area contributed by atoms with E-state index in [1.54, 1.807) is 4.68 Å². The Morgan fingerprint density at radius 3 is 2.75 bits per heavy atom. The number of halogens is 1. The Hall–Kier alpha value is -1.65. The number of nitrogens with two attached hydrogens (primary N) is 1. The van der Waals surface area contributed by atoms with Gasteiger partial charge in [0.05, 0.1) is 11.2 Å². The van der Waals surface area contributed by atoms with Gasteiger partial charge in [-0.25, -0.2) is 0 Å². The second-order valence-electron chi connectivity index (χ2n) is 4.71. The first-order valence-electron chi connectivity index (χ1n) is 6.68. The lowest BCUT2D eigenvalue weighted by atomic mass is 10.0. The molecule has 0 bridgehead atoms. The van der Waals surface area contributed by atoms with Crippen LogP contribution in [0, 0.1) is 0 Å². The van der Waals surface area contributed by atoms with Gasteiger partial charge in [-0.1, -0.05) is 48.9 Å². The summed E-state index contributed by atoms with van der Waals surface area (Å²) in [5.74, 6) is -0.0719. The highest BCUT2D eigenvalue weighted by molar-refractivity contribution is 6.33. The minimum absolute atomic E-state index is 0.0719. The predicted octanol–water partition coefficient (Wildman–Crippen LogP) is 3.22. The quantitative estimate of drug-likeness (QED) is 0.831. The van der Waals surface area contributed by atoms with Gasteiger partial charge in [0, 0.05) is 19.0 Å². The van der Waals surface area contributed by atoms with Crippen molar-refractivity contribution in [1.82, 2.24) is 9.78 Å². The molecule has 20 heavy (non-hydrogen) atoms. The van der Waals surface area contributed by atoms with E-state index < -0.39 is 0 Å². The number of aryl methyl sites for hydroxylation is 1. The third kappa shape index (κ3) is 3.26. The van der Waals surface area contributed by atoms with E-state index in [0.717, 1.165) is 12.0 Å². The lowest BCUT2D eigenvalue weighted by Gasteiger charge is -2.12. The summed E-state index contributed by atoms with van der Waals surface area (Å²) < 4.78 is 1.66. The highest BCUT2D eigenvalue weighted by Gasteiger charge is 2.20. The molecule has 1 heterocycles. The molecular formula is C15H18ClN3O. The van der Waals surface area contributed by atoms with E-state index >= 15 is 0 Å². The zero-order valence-corrected chi connectivity index (χ0v) is 12.2. The summed E-state index contributed by atoms with van der Waals surface area (Å²) in [5, 5.41) is 4.52. The van der Waals surface area contributed by atoms with Gasteiger partial charge in [-0.3, -0.25) is 9.48 Å². The molecule has 1 atom stereocenters. The Morgan fingerprint density at radius 2 is 2.10 bits per heavy atom. The second-order valence-corrected chi connectivity index (χ2v) is 5.12. The van der Waals surface area contributed by atoms with Crippen LogP contribution in [0.15, 0.2) is 36.5 Å². The zero-order chi connectivity index (χ0) is 14.5. The molecule has 0 aliphatic carbocycles. The van der Waals surface area contributed by atoms with Crippen molar-refractivity contribution in [2.75, 3.05) is 0 Å². The maximum atomic E-state index is 12.4. The summed E-state index contributed by atoms with van der Waals surface area (Å²) in [6, 6.07) is 9.25. The Labute approximate surface area is 123 Å². The molecule has 0 aliphatic heterocycles. The molecule has 5 heteroatoms. The number of hydrogen-bond acceptors (Lipinski definition) is 3. The number of carbonyl (C=O) groups excluding carboxylic acids is 1. The van der Waals surface area contributed by atoms with Crippen LogP contribution in [-0.4, -0.2) is 15.6 Å². The molecule has 0 saturated heterocycles. The highest BCUT2D eigenvalue weighted by atomic mass is 35.5.